The van der Waals surface area contributed by atoms with Gasteiger partial charge in [0, 0.05) is 25.5 Å². The minimum Gasteiger partial charge on any atom is -0.381 e. The molecule has 1 aliphatic rings. The largest absolute Gasteiger partial charge is 0.381 e. The van der Waals surface area contributed by atoms with Crippen LogP contribution in [0.25, 0.3) is 0 Å². The number of nitrogens with zero attached hydrogens (tertiary/aromatic N) is 2. The van der Waals surface area contributed by atoms with E-state index >= 15 is 0 Å². The lowest BCUT2D eigenvalue weighted by atomic mass is 10.1. The van der Waals surface area contributed by atoms with Gasteiger partial charge in [-0.2, -0.15) is 0 Å². The van der Waals surface area contributed by atoms with Crippen LogP contribution in [0.3, 0.4) is 0 Å². The molecule has 1 saturated heterocycles. The Kier molecular flexibility index (Phi) is 7.28. The Balaban J connectivity index is 2.51. The smallest absolute Gasteiger partial charge is 0.276 e. The number of ether oxygens (including phenoxy) is 1. The van der Waals surface area contributed by atoms with E-state index in [1.54, 1.807) is 0 Å². The van der Waals surface area contributed by atoms with Crippen molar-refractivity contribution < 1.29 is 9.53 Å². The van der Waals surface area contributed by atoms with Gasteiger partial charge in [-0.05, 0) is 19.6 Å². The Labute approximate surface area is 111 Å². The SMILES string of the molecule is C=NCS/C(=N\CC=N)C(=O)NC1CCOCC1. The average molecular weight is 270 g/mol. The first kappa shape index (κ1) is 14.8. The Morgan fingerprint density at radius 1 is 1.56 bits per heavy atom. The summed E-state index contributed by atoms with van der Waals surface area (Å²) >= 11 is 1.23. The minimum atomic E-state index is -0.197. The number of aliphatic imine (C=N–C) groups is 2. The fourth-order valence-corrected chi connectivity index (χ4v) is 2.08. The van der Waals surface area contributed by atoms with E-state index < -0.39 is 0 Å². The van der Waals surface area contributed by atoms with Crippen molar-refractivity contribution >= 4 is 35.6 Å². The third-order valence-corrected chi connectivity index (χ3v) is 3.27. The number of rotatable bonds is 5. The standard InChI is InChI=1S/C11H18N4O2S/c1-13-8-18-11(14-5-4-12)10(16)15-9-2-6-17-7-3-9/h4,9,12H,1-3,5-8H2,(H,15,16)/b12-4?,14-11-. The highest BCUT2D eigenvalue weighted by Crippen LogP contribution is 2.09. The molecule has 1 rings (SSSR count). The molecule has 0 bridgehead atoms. The van der Waals surface area contributed by atoms with Crippen LogP contribution in [0, 0.1) is 5.41 Å². The molecule has 0 aromatic rings. The van der Waals surface area contributed by atoms with Crippen molar-refractivity contribution in [2.45, 2.75) is 18.9 Å². The molecule has 100 valence electrons. The molecule has 0 saturated carbocycles. The maximum atomic E-state index is 12.0. The second-order valence-electron chi connectivity index (χ2n) is 3.71. The normalized spacial score (nSPS) is 17.2. The van der Waals surface area contributed by atoms with Gasteiger partial charge in [0.1, 0.15) is 0 Å². The van der Waals surface area contributed by atoms with Crippen LogP contribution < -0.4 is 5.32 Å². The van der Waals surface area contributed by atoms with Crippen LogP contribution in [-0.4, -0.2) is 55.6 Å². The van der Waals surface area contributed by atoms with Crippen molar-refractivity contribution in [2.24, 2.45) is 9.98 Å². The molecule has 18 heavy (non-hydrogen) atoms. The average Bonchev–Trinajstić information content (AvgIpc) is 2.40. The summed E-state index contributed by atoms with van der Waals surface area (Å²) in [5.74, 6) is 0.190. The highest BCUT2D eigenvalue weighted by Gasteiger charge is 2.19. The zero-order chi connectivity index (χ0) is 13.2. The quantitative estimate of drug-likeness (QED) is 0.570. The van der Waals surface area contributed by atoms with Gasteiger partial charge in [0.05, 0.1) is 12.4 Å². The van der Waals surface area contributed by atoms with Crippen molar-refractivity contribution in [1.29, 1.82) is 5.41 Å². The van der Waals surface area contributed by atoms with Crippen LogP contribution >= 0.6 is 11.8 Å². The van der Waals surface area contributed by atoms with E-state index in [0.717, 1.165) is 19.1 Å². The maximum Gasteiger partial charge on any atom is 0.276 e. The monoisotopic (exact) mass is 270 g/mol. The highest BCUT2D eigenvalue weighted by molar-refractivity contribution is 8.15. The Morgan fingerprint density at radius 2 is 2.28 bits per heavy atom. The molecular weight excluding hydrogens is 252 g/mol. The molecule has 0 radical (unpaired) electrons. The molecule has 0 atom stereocenters. The summed E-state index contributed by atoms with van der Waals surface area (Å²) in [6.07, 6.45) is 2.81. The van der Waals surface area contributed by atoms with Gasteiger partial charge < -0.3 is 15.5 Å². The summed E-state index contributed by atoms with van der Waals surface area (Å²) in [6, 6.07) is 0.147. The molecule has 1 fully saturated rings. The van der Waals surface area contributed by atoms with Crippen LogP contribution in [0.1, 0.15) is 12.8 Å². The number of thioether (sulfide) groups is 1. The lowest BCUT2D eigenvalue weighted by Gasteiger charge is -2.23. The van der Waals surface area contributed by atoms with Gasteiger partial charge in [0.15, 0.2) is 5.04 Å². The number of nitrogens with one attached hydrogen (secondary N) is 2. The summed E-state index contributed by atoms with van der Waals surface area (Å²) in [5.41, 5.74) is 0. The van der Waals surface area contributed by atoms with Gasteiger partial charge >= 0.3 is 0 Å². The van der Waals surface area contributed by atoms with Gasteiger partial charge in [-0.25, -0.2) is 0 Å². The predicted molar refractivity (Wildman–Crippen MR) is 75.1 cm³/mol. The summed E-state index contributed by atoms with van der Waals surface area (Å²) < 4.78 is 5.23. The Morgan fingerprint density at radius 3 is 2.89 bits per heavy atom. The molecule has 1 amide bonds. The first-order chi connectivity index (χ1) is 8.77. The van der Waals surface area contributed by atoms with Crippen LogP contribution in [0.4, 0.5) is 0 Å². The third kappa shape index (κ3) is 5.42. The summed E-state index contributed by atoms with van der Waals surface area (Å²) in [6.45, 7) is 4.94. The summed E-state index contributed by atoms with van der Waals surface area (Å²) in [7, 11) is 0. The highest BCUT2D eigenvalue weighted by atomic mass is 32.2. The van der Waals surface area contributed by atoms with Gasteiger partial charge in [-0.15, -0.1) is 0 Å². The van der Waals surface area contributed by atoms with E-state index in [-0.39, 0.29) is 18.5 Å². The predicted octanol–water partition coefficient (Wildman–Crippen LogP) is 0.721. The first-order valence-electron chi connectivity index (χ1n) is 5.75. The maximum absolute atomic E-state index is 12.0. The van der Waals surface area contributed by atoms with Crippen molar-refractivity contribution in [3.8, 4) is 0 Å². The second kappa shape index (κ2) is 8.82. The van der Waals surface area contributed by atoms with E-state index in [1.165, 1.54) is 11.8 Å². The van der Waals surface area contributed by atoms with Crippen LogP contribution in [-0.2, 0) is 9.53 Å². The number of hydrogen-bond acceptors (Lipinski definition) is 6. The zero-order valence-corrected chi connectivity index (χ0v) is 11.0. The van der Waals surface area contributed by atoms with E-state index in [9.17, 15) is 4.79 Å². The molecule has 2 N–H and O–H groups in total. The van der Waals surface area contributed by atoms with Crippen LogP contribution in [0.2, 0.25) is 0 Å². The summed E-state index contributed by atoms with van der Waals surface area (Å²) in [4.78, 5) is 19.7. The molecule has 0 unspecified atom stereocenters. The molecule has 0 aliphatic carbocycles. The third-order valence-electron chi connectivity index (χ3n) is 2.37. The number of hydrogen-bond donors (Lipinski definition) is 2. The van der Waals surface area contributed by atoms with Crippen molar-refractivity contribution in [3.63, 3.8) is 0 Å². The van der Waals surface area contributed by atoms with Crippen molar-refractivity contribution in [3.05, 3.63) is 0 Å². The molecule has 1 heterocycles. The summed E-state index contributed by atoms with van der Waals surface area (Å²) in [5, 5.41) is 10.2. The van der Waals surface area contributed by atoms with E-state index in [4.69, 9.17) is 10.1 Å². The number of amides is 1. The van der Waals surface area contributed by atoms with Crippen LogP contribution in [0.15, 0.2) is 9.98 Å². The Bertz CT molecular complexity index is 327. The number of carbonyl (C=O) groups is 1. The fraction of sp³-hybridized carbons (Fsp3) is 0.636. The molecule has 0 aromatic carbocycles. The van der Waals surface area contributed by atoms with Crippen molar-refractivity contribution in [1.82, 2.24) is 5.32 Å². The fourth-order valence-electron chi connectivity index (χ4n) is 1.51. The lowest BCUT2D eigenvalue weighted by molar-refractivity contribution is -0.115. The van der Waals surface area contributed by atoms with E-state index in [2.05, 4.69) is 22.0 Å². The minimum absolute atomic E-state index is 0.147. The molecule has 0 aromatic heterocycles. The molecule has 7 heteroatoms. The topological polar surface area (TPSA) is 86.9 Å². The second-order valence-corrected chi connectivity index (χ2v) is 4.64. The lowest BCUT2D eigenvalue weighted by Crippen LogP contribution is -2.41. The van der Waals surface area contributed by atoms with Gasteiger partial charge in [-0.3, -0.25) is 14.8 Å². The van der Waals surface area contributed by atoms with E-state index in [0.29, 0.717) is 24.1 Å². The molecule has 1 aliphatic heterocycles. The zero-order valence-electron chi connectivity index (χ0n) is 10.2. The van der Waals surface area contributed by atoms with Gasteiger partial charge in [-0.1, -0.05) is 11.8 Å². The molecular formula is C11H18N4O2S. The number of carbonyl (C=O) groups excluding carboxylic acids is 1. The van der Waals surface area contributed by atoms with Gasteiger partial charge in [0.25, 0.3) is 5.91 Å². The Hall–Kier alpha value is -1.21. The van der Waals surface area contributed by atoms with Crippen LogP contribution in [0.5, 0.6) is 0 Å². The molecule has 6 nitrogen and oxygen atoms in total. The van der Waals surface area contributed by atoms with E-state index in [1.807, 2.05) is 0 Å². The first-order valence-corrected chi connectivity index (χ1v) is 6.73. The van der Waals surface area contributed by atoms with Crippen molar-refractivity contribution in [2.75, 3.05) is 25.6 Å². The molecule has 0 spiro atoms. The van der Waals surface area contributed by atoms with Gasteiger partial charge in [0.2, 0.25) is 0 Å².